The minimum Gasteiger partial charge on any atom is -0.306 e. The molecule has 2 nitrogen and oxygen atoms in total. The van der Waals surface area contributed by atoms with Crippen molar-refractivity contribution in [1.29, 1.82) is 0 Å². The minimum atomic E-state index is 0.830. The Morgan fingerprint density at radius 1 is 1.07 bits per heavy atom. The third-order valence-corrected chi connectivity index (χ3v) is 3.62. The number of piperidine rings is 1. The van der Waals surface area contributed by atoms with Gasteiger partial charge in [-0.2, -0.15) is 0 Å². The highest BCUT2D eigenvalue weighted by Crippen LogP contribution is 2.14. The van der Waals surface area contributed by atoms with E-state index in [2.05, 4.69) is 30.8 Å². The Labute approximate surface area is 95.6 Å². The highest BCUT2D eigenvalue weighted by atomic mass is 15.2. The average molecular weight is 212 g/mol. The molecular formula is C13H28N2. The molecule has 1 aliphatic rings. The molecule has 90 valence electrons. The molecule has 0 bridgehead atoms. The van der Waals surface area contributed by atoms with E-state index in [1.165, 1.54) is 58.2 Å². The summed E-state index contributed by atoms with van der Waals surface area (Å²) < 4.78 is 0. The molecule has 1 aliphatic heterocycles. The van der Waals surface area contributed by atoms with Gasteiger partial charge in [0.25, 0.3) is 0 Å². The van der Waals surface area contributed by atoms with E-state index in [9.17, 15) is 0 Å². The summed E-state index contributed by atoms with van der Waals surface area (Å²) in [4.78, 5) is 5.03. The van der Waals surface area contributed by atoms with E-state index in [1.807, 2.05) is 0 Å². The standard InChI is InChI=1S/C13H28N2/c1-4-5-6-7-10-15-11-8-13(9-12-15)14(2)3/h13H,4-12H2,1-3H3. The molecule has 0 aromatic rings. The van der Waals surface area contributed by atoms with Crippen LogP contribution in [0.4, 0.5) is 0 Å². The molecule has 0 atom stereocenters. The topological polar surface area (TPSA) is 6.48 Å². The van der Waals surface area contributed by atoms with Crippen LogP contribution in [0.25, 0.3) is 0 Å². The second-order valence-electron chi connectivity index (χ2n) is 5.10. The third kappa shape index (κ3) is 4.98. The number of unbranched alkanes of at least 4 members (excludes halogenated alkanes) is 3. The molecule has 0 unspecified atom stereocenters. The summed E-state index contributed by atoms with van der Waals surface area (Å²) in [5.41, 5.74) is 0. The van der Waals surface area contributed by atoms with Gasteiger partial charge >= 0.3 is 0 Å². The van der Waals surface area contributed by atoms with Crippen LogP contribution in [0.5, 0.6) is 0 Å². The second-order valence-corrected chi connectivity index (χ2v) is 5.10. The highest BCUT2D eigenvalue weighted by Gasteiger charge is 2.19. The molecule has 0 aliphatic carbocycles. The molecule has 0 radical (unpaired) electrons. The zero-order valence-electron chi connectivity index (χ0n) is 10.8. The van der Waals surface area contributed by atoms with Gasteiger partial charge in [0.15, 0.2) is 0 Å². The van der Waals surface area contributed by atoms with Crippen molar-refractivity contribution < 1.29 is 0 Å². The van der Waals surface area contributed by atoms with Crippen LogP contribution in [0.2, 0.25) is 0 Å². The molecule has 1 rings (SSSR count). The van der Waals surface area contributed by atoms with Gasteiger partial charge in [0, 0.05) is 6.04 Å². The maximum absolute atomic E-state index is 2.65. The van der Waals surface area contributed by atoms with Crippen molar-refractivity contribution in [3.8, 4) is 0 Å². The van der Waals surface area contributed by atoms with Crippen LogP contribution in [0.1, 0.15) is 45.4 Å². The lowest BCUT2D eigenvalue weighted by molar-refractivity contribution is 0.143. The summed E-state index contributed by atoms with van der Waals surface area (Å²) in [6.07, 6.45) is 8.31. The van der Waals surface area contributed by atoms with Gasteiger partial charge in [-0.3, -0.25) is 0 Å². The first-order valence-electron chi connectivity index (χ1n) is 6.62. The number of nitrogens with zero attached hydrogens (tertiary/aromatic N) is 2. The van der Waals surface area contributed by atoms with E-state index in [0.717, 1.165) is 6.04 Å². The van der Waals surface area contributed by atoms with Crippen LogP contribution in [0.15, 0.2) is 0 Å². The van der Waals surface area contributed by atoms with Crippen LogP contribution >= 0.6 is 0 Å². The Bertz CT molecular complexity index is 149. The van der Waals surface area contributed by atoms with Gasteiger partial charge in [-0.1, -0.05) is 26.2 Å². The normalized spacial score (nSPS) is 20.0. The number of rotatable bonds is 6. The van der Waals surface area contributed by atoms with Gasteiger partial charge in [-0.05, 0) is 53.0 Å². The zero-order chi connectivity index (χ0) is 11.1. The van der Waals surface area contributed by atoms with E-state index in [0.29, 0.717) is 0 Å². The maximum atomic E-state index is 2.65. The molecular weight excluding hydrogens is 184 g/mol. The Balaban J connectivity index is 2.04. The molecule has 0 saturated carbocycles. The third-order valence-electron chi connectivity index (χ3n) is 3.62. The fourth-order valence-electron chi connectivity index (χ4n) is 2.42. The molecule has 0 aromatic carbocycles. The Hall–Kier alpha value is -0.0800. The van der Waals surface area contributed by atoms with Crippen molar-refractivity contribution in [1.82, 2.24) is 9.80 Å². The maximum Gasteiger partial charge on any atom is 0.0113 e. The van der Waals surface area contributed by atoms with E-state index in [1.54, 1.807) is 0 Å². The van der Waals surface area contributed by atoms with E-state index in [4.69, 9.17) is 0 Å². The first-order chi connectivity index (χ1) is 7.24. The van der Waals surface area contributed by atoms with Gasteiger partial charge in [-0.25, -0.2) is 0 Å². The van der Waals surface area contributed by atoms with Crippen molar-refractivity contribution >= 4 is 0 Å². The summed E-state index contributed by atoms with van der Waals surface area (Å²) >= 11 is 0. The molecule has 0 N–H and O–H groups in total. The lowest BCUT2D eigenvalue weighted by atomic mass is 10.0. The van der Waals surface area contributed by atoms with Crippen LogP contribution in [-0.2, 0) is 0 Å². The Morgan fingerprint density at radius 2 is 1.73 bits per heavy atom. The van der Waals surface area contributed by atoms with Crippen LogP contribution in [-0.4, -0.2) is 49.6 Å². The molecule has 15 heavy (non-hydrogen) atoms. The predicted octanol–water partition coefficient (Wildman–Crippen LogP) is 2.59. The predicted molar refractivity (Wildman–Crippen MR) is 67.3 cm³/mol. The van der Waals surface area contributed by atoms with Crippen molar-refractivity contribution in [2.45, 2.75) is 51.5 Å². The van der Waals surface area contributed by atoms with Crippen molar-refractivity contribution in [3.63, 3.8) is 0 Å². The molecule has 0 amide bonds. The fraction of sp³-hybridized carbons (Fsp3) is 1.00. The molecule has 1 heterocycles. The SMILES string of the molecule is CCCCCCN1CCC(N(C)C)CC1. The number of likely N-dealkylation sites (tertiary alicyclic amines) is 1. The van der Waals surface area contributed by atoms with Crippen molar-refractivity contribution in [2.75, 3.05) is 33.7 Å². The van der Waals surface area contributed by atoms with Crippen molar-refractivity contribution in [3.05, 3.63) is 0 Å². The van der Waals surface area contributed by atoms with E-state index >= 15 is 0 Å². The van der Waals surface area contributed by atoms with Gasteiger partial charge in [0.1, 0.15) is 0 Å². The van der Waals surface area contributed by atoms with Gasteiger partial charge < -0.3 is 9.80 Å². The smallest absolute Gasteiger partial charge is 0.0113 e. The largest absolute Gasteiger partial charge is 0.306 e. The summed E-state index contributed by atoms with van der Waals surface area (Å²) in [7, 11) is 4.42. The summed E-state index contributed by atoms with van der Waals surface area (Å²) in [6.45, 7) is 6.24. The van der Waals surface area contributed by atoms with Crippen LogP contribution in [0.3, 0.4) is 0 Å². The Kier molecular flexibility index (Phi) is 6.26. The van der Waals surface area contributed by atoms with Gasteiger partial charge in [-0.15, -0.1) is 0 Å². The average Bonchev–Trinajstić information content (AvgIpc) is 2.25. The first-order valence-corrected chi connectivity index (χ1v) is 6.62. The molecule has 1 saturated heterocycles. The van der Waals surface area contributed by atoms with Crippen LogP contribution in [0, 0.1) is 0 Å². The first kappa shape index (κ1) is 13.0. The monoisotopic (exact) mass is 212 g/mol. The molecule has 2 heteroatoms. The molecule has 1 fully saturated rings. The van der Waals surface area contributed by atoms with Gasteiger partial charge in [0.2, 0.25) is 0 Å². The summed E-state index contributed by atoms with van der Waals surface area (Å²) in [5.74, 6) is 0. The highest BCUT2D eigenvalue weighted by molar-refractivity contribution is 4.76. The van der Waals surface area contributed by atoms with E-state index < -0.39 is 0 Å². The lowest BCUT2D eigenvalue weighted by Crippen LogP contribution is -2.42. The Morgan fingerprint density at radius 3 is 2.27 bits per heavy atom. The summed E-state index contributed by atoms with van der Waals surface area (Å²) in [5, 5.41) is 0. The number of hydrogen-bond acceptors (Lipinski definition) is 2. The quantitative estimate of drug-likeness (QED) is 0.624. The molecule has 0 spiro atoms. The zero-order valence-corrected chi connectivity index (χ0v) is 10.8. The summed E-state index contributed by atoms with van der Waals surface area (Å²) in [6, 6.07) is 0.830. The minimum absolute atomic E-state index is 0.830. The second kappa shape index (κ2) is 7.24. The molecule has 0 aromatic heterocycles. The lowest BCUT2D eigenvalue weighted by Gasteiger charge is -2.35. The fourth-order valence-corrected chi connectivity index (χ4v) is 2.42. The van der Waals surface area contributed by atoms with Crippen molar-refractivity contribution in [2.24, 2.45) is 0 Å². The van der Waals surface area contributed by atoms with E-state index in [-0.39, 0.29) is 0 Å². The van der Waals surface area contributed by atoms with Gasteiger partial charge in [0.05, 0.1) is 0 Å². The van der Waals surface area contributed by atoms with Crippen LogP contribution < -0.4 is 0 Å². The number of hydrogen-bond donors (Lipinski definition) is 0.